The van der Waals surface area contributed by atoms with E-state index in [9.17, 15) is 4.79 Å². The number of halogens is 1. The fourth-order valence-electron chi connectivity index (χ4n) is 3.72. The number of H-pyrrole nitrogens is 1. The summed E-state index contributed by atoms with van der Waals surface area (Å²) in [4.78, 5) is 20.5. The number of carbonyl (C=O) groups is 1. The van der Waals surface area contributed by atoms with E-state index in [0.717, 1.165) is 33.4 Å². The molecule has 4 aromatic rings. The first-order valence-corrected chi connectivity index (χ1v) is 10.6. The lowest BCUT2D eigenvalue weighted by Crippen LogP contribution is -2.11. The number of carbonyl (C=O) groups excluding carboxylic acids is 1. The second-order valence-electron chi connectivity index (χ2n) is 7.59. The smallest absolute Gasteiger partial charge is 0.303 e. The Morgan fingerprint density at radius 1 is 1.25 bits per heavy atom. The van der Waals surface area contributed by atoms with Crippen LogP contribution in [0.2, 0.25) is 5.02 Å². The van der Waals surface area contributed by atoms with Gasteiger partial charge in [0.1, 0.15) is 24.0 Å². The van der Waals surface area contributed by atoms with Crippen LogP contribution >= 0.6 is 11.6 Å². The van der Waals surface area contributed by atoms with Crippen molar-refractivity contribution in [3.05, 3.63) is 70.3 Å². The Morgan fingerprint density at radius 2 is 2.06 bits per heavy atom. The summed E-state index contributed by atoms with van der Waals surface area (Å²) >= 11 is 6.44. The van der Waals surface area contributed by atoms with Crippen LogP contribution in [0.25, 0.3) is 22.2 Å². The number of para-hydroxylation sites is 1. The standard InChI is InChI=1S/C24H23ClN4O3/c1-13-11-27-29-22(13)18-10-14(2)28-24-17(18)6-5-7-21(24)31-12-19-20(25)8-9-26-23(19)15(3)32-16(4)30/h5-11,15H,12H2,1-4H3,(H,27,29). The molecule has 1 unspecified atom stereocenters. The number of nitrogens with one attached hydrogen (secondary N) is 1. The summed E-state index contributed by atoms with van der Waals surface area (Å²) in [5.74, 6) is 0.233. The minimum Gasteiger partial charge on any atom is -0.486 e. The zero-order chi connectivity index (χ0) is 22.8. The molecule has 0 saturated heterocycles. The maximum absolute atomic E-state index is 11.4. The molecule has 0 radical (unpaired) electrons. The van der Waals surface area contributed by atoms with Gasteiger partial charge in [0.25, 0.3) is 0 Å². The summed E-state index contributed by atoms with van der Waals surface area (Å²) in [6.45, 7) is 7.23. The average Bonchev–Trinajstić information content (AvgIpc) is 3.17. The first-order chi connectivity index (χ1) is 15.3. The molecule has 164 valence electrons. The van der Waals surface area contributed by atoms with Crippen LogP contribution in [0.1, 0.15) is 42.5 Å². The predicted octanol–water partition coefficient (Wildman–Crippen LogP) is 5.49. The first-order valence-electron chi connectivity index (χ1n) is 10.2. The minimum absolute atomic E-state index is 0.154. The summed E-state index contributed by atoms with van der Waals surface area (Å²) in [6, 6.07) is 9.53. The van der Waals surface area contributed by atoms with Gasteiger partial charge in [0.15, 0.2) is 0 Å². The SMILES string of the molecule is CC(=O)OC(C)c1nccc(Cl)c1COc1cccc2c(-c3[nH]ncc3C)cc(C)nc12. The average molecular weight is 451 g/mol. The lowest BCUT2D eigenvalue weighted by atomic mass is 10.0. The molecule has 0 aliphatic carbocycles. The second-order valence-corrected chi connectivity index (χ2v) is 8.00. The van der Waals surface area contributed by atoms with E-state index in [-0.39, 0.29) is 12.6 Å². The molecule has 3 heterocycles. The van der Waals surface area contributed by atoms with E-state index in [1.54, 1.807) is 25.4 Å². The predicted molar refractivity (Wildman–Crippen MR) is 123 cm³/mol. The number of rotatable bonds is 6. The van der Waals surface area contributed by atoms with Gasteiger partial charge in [-0.3, -0.25) is 14.9 Å². The van der Waals surface area contributed by atoms with Crippen LogP contribution < -0.4 is 4.74 Å². The quantitative estimate of drug-likeness (QED) is 0.390. The van der Waals surface area contributed by atoms with Gasteiger partial charge in [0, 0.05) is 35.3 Å². The Bertz CT molecular complexity index is 1300. The number of nitrogens with zero attached hydrogens (tertiary/aromatic N) is 3. The van der Waals surface area contributed by atoms with Crippen LogP contribution in [0.4, 0.5) is 0 Å². The van der Waals surface area contributed by atoms with Gasteiger partial charge in [-0.1, -0.05) is 23.7 Å². The maximum atomic E-state index is 11.4. The molecule has 0 saturated carbocycles. The molecule has 0 amide bonds. The largest absolute Gasteiger partial charge is 0.486 e. The zero-order valence-electron chi connectivity index (χ0n) is 18.3. The zero-order valence-corrected chi connectivity index (χ0v) is 19.0. The van der Waals surface area contributed by atoms with E-state index >= 15 is 0 Å². The highest BCUT2D eigenvalue weighted by atomic mass is 35.5. The van der Waals surface area contributed by atoms with Gasteiger partial charge in [0.2, 0.25) is 0 Å². The number of esters is 1. The van der Waals surface area contributed by atoms with Crippen molar-refractivity contribution in [2.24, 2.45) is 0 Å². The molecule has 3 aromatic heterocycles. The normalized spacial score (nSPS) is 12.0. The van der Waals surface area contributed by atoms with Crippen LogP contribution in [0.5, 0.6) is 5.75 Å². The molecular formula is C24H23ClN4O3. The fourth-order valence-corrected chi connectivity index (χ4v) is 3.93. The Kier molecular flexibility index (Phi) is 6.10. The molecule has 0 spiro atoms. The third kappa shape index (κ3) is 4.29. The molecule has 7 nitrogen and oxygen atoms in total. The van der Waals surface area contributed by atoms with Crippen molar-refractivity contribution in [2.45, 2.75) is 40.4 Å². The molecule has 0 aliphatic heterocycles. The number of hydrogen-bond acceptors (Lipinski definition) is 6. The molecule has 32 heavy (non-hydrogen) atoms. The van der Waals surface area contributed by atoms with E-state index in [1.165, 1.54) is 6.92 Å². The topological polar surface area (TPSA) is 90.0 Å². The van der Waals surface area contributed by atoms with Crippen molar-refractivity contribution < 1.29 is 14.3 Å². The van der Waals surface area contributed by atoms with Crippen molar-refractivity contribution in [3.8, 4) is 17.0 Å². The molecule has 1 N–H and O–H groups in total. The minimum atomic E-state index is -0.548. The Balaban J connectivity index is 1.72. The van der Waals surface area contributed by atoms with E-state index in [1.807, 2.05) is 38.1 Å². The Labute approximate surface area is 190 Å². The van der Waals surface area contributed by atoms with E-state index in [4.69, 9.17) is 26.1 Å². The van der Waals surface area contributed by atoms with Crippen molar-refractivity contribution in [3.63, 3.8) is 0 Å². The number of aromatic nitrogens is 4. The lowest BCUT2D eigenvalue weighted by molar-refractivity contribution is -0.146. The molecule has 1 atom stereocenters. The highest BCUT2D eigenvalue weighted by Gasteiger charge is 2.19. The summed E-state index contributed by atoms with van der Waals surface area (Å²) in [6.07, 6.45) is 2.84. The summed E-state index contributed by atoms with van der Waals surface area (Å²) in [7, 11) is 0. The number of ether oxygens (including phenoxy) is 2. The first kappa shape index (κ1) is 21.8. The number of benzene rings is 1. The van der Waals surface area contributed by atoms with Crippen molar-refractivity contribution in [1.29, 1.82) is 0 Å². The van der Waals surface area contributed by atoms with E-state index in [0.29, 0.717) is 22.0 Å². The van der Waals surface area contributed by atoms with Crippen LogP contribution in [0, 0.1) is 13.8 Å². The summed E-state index contributed by atoms with van der Waals surface area (Å²) in [5.41, 5.74) is 5.84. The molecule has 1 aromatic carbocycles. The summed E-state index contributed by atoms with van der Waals surface area (Å²) < 4.78 is 11.5. The van der Waals surface area contributed by atoms with E-state index in [2.05, 4.69) is 15.2 Å². The van der Waals surface area contributed by atoms with Crippen molar-refractivity contribution >= 4 is 28.5 Å². The van der Waals surface area contributed by atoms with Gasteiger partial charge < -0.3 is 9.47 Å². The Hall–Kier alpha value is -3.45. The molecule has 0 aliphatic rings. The summed E-state index contributed by atoms with van der Waals surface area (Å²) in [5, 5.41) is 8.67. The van der Waals surface area contributed by atoms with Gasteiger partial charge in [-0.15, -0.1) is 0 Å². The number of pyridine rings is 2. The van der Waals surface area contributed by atoms with Gasteiger partial charge in [-0.25, -0.2) is 4.98 Å². The van der Waals surface area contributed by atoms with Gasteiger partial charge in [-0.05, 0) is 44.5 Å². The highest BCUT2D eigenvalue weighted by molar-refractivity contribution is 6.31. The van der Waals surface area contributed by atoms with Crippen LogP contribution in [0.15, 0.2) is 42.7 Å². The highest BCUT2D eigenvalue weighted by Crippen LogP contribution is 2.34. The van der Waals surface area contributed by atoms with Gasteiger partial charge in [0.05, 0.1) is 22.6 Å². The Morgan fingerprint density at radius 3 is 2.78 bits per heavy atom. The molecule has 4 rings (SSSR count). The lowest BCUT2D eigenvalue weighted by Gasteiger charge is -2.17. The number of hydrogen-bond donors (Lipinski definition) is 1. The fraction of sp³-hybridized carbons (Fsp3) is 0.250. The maximum Gasteiger partial charge on any atom is 0.303 e. The number of aromatic amines is 1. The third-order valence-electron chi connectivity index (χ3n) is 5.16. The van der Waals surface area contributed by atoms with Gasteiger partial charge in [-0.2, -0.15) is 5.10 Å². The monoisotopic (exact) mass is 450 g/mol. The number of aryl methyl sites for hydroxylation is 2. The van der Waals surface area contributed by atoms with E-state index < -0.39 is 6.10 Å². The van der Waals surface area contributed by atoms with Gasteiger partial charge >= 0.3 is 5.97 Å². The van der Waals surface area contributed by atoms with Crippen LogP contribution in [-0.4, -0.2) is 26.1 Å². The van der Waals surface area contributed by atoms with Crippen molar-refractivity contribution in [2.75, 3.05) is 0 Å². The second kappa shape index (κ2) is 8.96. The van der Waals surface area contributed by atoms with Crippen LogP contribution in [0.3, 0.4) is 0 Å². The molecular weight excluding hydrogens is 428 g/mol. The molecule has 8 heteroatoms. The van der Waals surface area contributed by atoms with Crippen molar-refractivity contribution in [1.82, 2.24) is 20.2 Å². The number of fused-ring (bicyclic) bond motifs is 1. The third-order valence-corrected chi connectivity index (χ3v) is 5.51. The van der Waals surface area contributed by atoms with Crippen LogP contribution in [-0.2, 0) is 16.1 Å². The molecule has 0 bridgehead atoms. The molecule has 0 fully saturated rings.